The lowest BCUT2D eigenvalue weighted by Crippen LogP contribution is -2.45. The zero-order valence-corrected chi connectivity index (χ0v) is 23.4. The third kappa shape index (κ3) is 8.03. The molecule has 1 fully saturated rings. The molecule has 0 bridgehead atoms. The summed E-state index contributed by atoms with van der Waals surface area (Å²) in [6, 6.07) is 24.5. The molecule has 0 aliphatic carbocycles. The van der Waals surface area contributed by atoms with Gasteiger partial charge in [0.25, 0.3) is 11.8 Å². The molecule has 1 aliphatic heterocycles. The van der Waals surface area contributed by atoms with Crippen LogP contribution in [0.5, 0.6) is 0 Å². The van der Waals surface area contributed by atoms with E-state index in [2.05, 4.69) is 10.7 Å². The number of carbonyl (C=O) groups is 5. The van der Waals surface area contributed by atoms with Crippen LogP contribution in [0.25, 0.3) is 0 Å². The van der Waals surface area contributed by atoms with Crippen molar-refractivity contribution >= 4 is 35.3 Å². The zero-order valence-electron chi connectivity index (χ0n) is 23.4. The van der Waals surface area contributed by atoms with Crippen molar-refractivity contribution < 1.29 is 33.4 Å². The van der Waals surface area contributed by atoms with Crippen molar-refractivity contribution in [3.05, 3.63) is 102 Å². The highest BCUT2D eigenvalue weighted by Gasteiger charge is 2.37. The number of benzene rings is 3. The molecule has 10 heteroatoms. The Labute approximate surface area is 244 Å². The number of anilines is 1. The Bertz CT molecular complexity index is 1370. The molecule has 0 radical (unpaired) electrons. The molecular formula is C32H33N3O7. The first-order valence-electron chi connectivity index (χ1n) is 13.7. The van der Waals surface area contributed by atoms with Gasteiger partial charge >= 0.3 is 11.9 Å². The molecule has 1 atom stereocenters. The number of hydrogen-bond donors (Lipinski definition) is 2. The van der Waals surface area contributed by atoms with Gasteiger partial charge in [0.15, 0.2) is 6.61 Å². The van der Waals surface area contributed by atoms with E-state index in [9.17, 15) is 24.0 Å². The highest BCUT2D eigenvalue weighted by atomic mass is 16.5. The summed E-state index contributed by atoms with van der Waals surface area (Å²) in [7, 11) is 0. The van der Waals surface area contributed by atoms with E-state index >= 15 is 0 Å². The van der Waals surface area contributed by atoms with Crippen LogP contribution in [-0.4, -0.2) is 54.4 Å². The Morgan fingerprint density at radius 2 is 1.45 bits per heavy atom. The predicted molar refractivity (Wildman–Crippen MR) is 154 cm³/mol. The molecule has 0 aromatic heterocycles. The van der Waals surface area contributed by atoms with Gasteiger partial charge in [-0.2, -0.15) is 0 Å². The molecule has 1 aliphatic rings. The largest absolute Gasteiger partial charge is 0.462 e. The highest BCUT2D eigenvalue weighted by molar-refractivity contribution is 5.95. The van der Waals surface area contributed by atoms with Gasteiger partial charge in [0.2, 0.25) is 5.91 Å². The quantitative estimate of drug-likeness (QED) is 0.336. The molecule has 1 saturated heterocycles. The van der Waals surface area contributed by atoms with Gasteiger partial charge in [0.1, 0.15) is 0 Å². The SMILES string of the molecule is CC(C)COC(=O)c1ccc(NC(=O)COC(=O)[C@H]2CC(=O)N(NC(=O)C(c3ccccc3)c3ccccc3)C2)cc1. The maximum Gasteiger partial charge on any atom is 0.338 e. The van der Waals surface area contributed by atoms with Crippen molar-refractivity contribution in [3.8, 4) is 0 Å². The maximum absolute atomic E-state index is 13.3. The van der Waals surface area contributed by atoms with Crippen molar-refractivity contribution in [2.45, 2.75) is 26.2 Å². The van der Waals surface area contributed by atoms with Gasteiger partial charge in [0, 0.05) is 12.1 Å². The molecule has 4 rings (SSSR count). The van der Waals surface area contributed by atoms with E-state index in [0.29, 0.717) is 17.9 Å². The van der Waals surface area contributed by atoms with E-state index in [1.165, 1.54) is 12.1 Å². The van der Waals surface area contributed by atoms with Gasteiger partial charge in [-0.15, -0.1) is 0 Å². The Morgan fingerprint density at radius 3 is 2.02 bits per heavy atom. The Kier molecular flexibility index (Phi) is 10.0. The number of hydrogen-bond acceptors (Lipinski definition) is 7. The summed E-state index contributed by atoms with van der Waals surface area (Å²) in [5.74, 6) is -3.88. The zero-order chi connectivity index (χ0) is 30.1. The van der Waals surface area contributed by atoms with E-state index in [4.69, 9.17) is 9.47 Å². The minimum Gasteiger partial charge on any atom is -0.462 e. The van der Waals surface area contributed by atoms with E-state index in [1.54, 1.807) is 12.1 Å². The number of ether oxygens (including phenoxy) is 2. The van der Waals surface area contributed by atoms with Gasteiger partial charge < -0.3 is 14.8 Å². The fourth-order valence-corrected chi connectivity index (χ4v) is 4.42. The highest BCUT2D eigenvalue weighted by Crippen LogP contribution is 2.26. The predicted octanol–water partition coefficient (Wildman–Crippen LogP) is 3.69. The molecule has 0 unspecified atom stereocenters. The minimum atomic E-state index is -0.839. The van der Waals surface area contributed by atoms with Crippen molar-refractivity contribution in [2.75, 3.05) is 25.1 Å². The smallest absolute Gasteiger partial charge is 0.338 e. The second kappa shape index (κ2) is 14.1. The topological polar surface area (TPSA) is 131 Å². The fourth-order valence-electron chi connectivity index (χ4n) is 4.42. The summed E-state index contributed by atoms with van der Waals surface area (Å²) in [4.78, 5) is 63.0. The summed E-state index contributed by atoms with van der Waals surface area (Å²) in [6.45, 7) is 3.55. The van der Waals surface area contributed by atoms with Crippen LogP contribution in [0.2, 0.25) is 0 Å². The lowest BCUT2D eigenvalue weighted by molar-refractivity contribution is -0.151. The molecule has 0 saturated carbocycles. The van der Waals surface area contributed by atoms with Crippen LogP contribution in [0.1, 0.15) is 47.7 Å². The lowest BCUT2D eigenvalue weighted by Gasteiger charge is -2.23. The van der Waals surface area contributed by atoms with Crippen LogP contribution in [0.4, 0.5) is 5.69 Å². The molecule has 218 valence electrons. The first-order chi connectivity index (χ1) is 20.2. The third-order valence-electron chi connectivity index (χ3n) is 6.53. The second-order valence-corrected chi connectivity index (χ2v) is 10.4. The lowest BCUT2D eigenvalue weighted by atomic mass is 9.91. The van der Waals surface area contributed by atoms with Gasteiger partial charge in [-0.25, -0.2) is 4.79 Å². The summed E-state index contributed by atoms with van der Waals surface area (Å²) >= 11 is 0. The minimum absolute atomic E-state index is 0.0737. The van der Waals surface area contributed by atoms with Crippen LogP contribution in [0, 0.1) is 11.8 Å². The van der Waals surface area contributed by atoms with Crippen molar-refractivity contribution in [3.63, 3.8) is 0 Å². The van der Waals surface area contributed by atoms with Crippen molar-refractivity contribution in [1.82, 2.24) is 10.4 Å². The van der Waals surface area contributed by atoms with E-state index in [0.717, 1.165) is 16.1 Å². The number of amides is 3. The van der Waals surface area contributed by atoms with Crippen molar-refractivity contribution in [1.29, 1.82) is 0 Å². The molecule has 42 heavy (non-hydrogen) atoms. The standard InChI is InChI=1S/C32H33N3O7/c1-21(2)19-41-31(39)24-13-15-26(16-14-24)33-27(36)20-42-32(40)25-17-28(37)35(18-25)34-30(38)29(22-9-5-3-6-10-22)23-11-7-4-8-12-23/h3-16,21,25,29H,17-20H2,1-2H3,(H,33,36)(H,34,38)/t25-/m0/s1. The number of nitrogens with zero attached hydrogens (tertiary/aromatic N) is 1. The van der Waals surface area contributed by atoms with Gasteiger partial charge in [-0.3, -0.25) is 29.6 Å². The molecule has 10 nitrogen and oxygen atoms in total. The van der Waals surface area contributed by atoms with Crippen LogP contribution in [0.3, 0.4) is 0 Å². The molecular weight excluding hydrogens is 538 g/mol. The summed E-state index contributed by atoms with van der Waals surface area (Å²) in [5, 5.41) is 3.71. The normalized spacial score (nSPS) is 14.5. The van der Waals surface area contributed by atoms with E-state index in [-0.39, 0.29) is 18.9 Å². The Balaban J connectivity index is 1.27. The van der Waals surface area contributed by atoms with Crippen molar-refractivity contribution in [2.24, 2.45) is 11.8 Å². The first-order valence-corrected chi connectivity index (χ1v) is 13.7. The summed E-state index contributed by atoms with van der Waals surface area (Å²) in [6.07, 6.45) is -0.156. The number of nitrogens with one attached hydrogen (secondary N) is 2. The molecule has 3 aromatic carbocycles. The number of esters is 2. The Morgan fingerprint density at radius 1 is 0.857 bits per heavy atom. The molecule has 3 aromatic rings. The number of hydrazine groups is 1. The average Bonchev–Trinajstić information content (AvgIpc) is 3.36. The van der Waals surface area contributed by atoms with Crippen LogP contribution in [-0.2, 0) is 28.7 Å². The fraction of sp³-hybridized carbons (Fsp3) is 0.281. The molecule has 2 N–H and O–H groups in total. The van der Waals surface area contributed by atoms with Gasteiger partial charge in [-0.1, -0.05) is 74.5 Å². The monoisotopic (exact) mass is 571 g/mol. The third-order valence-corrected chi connectivity index (χ3v) is 6.53. The average molecular weight is 572 g/mol. The molecule has 1 heterocycles. The van der Waals surface area contributed by atoms with E-state index < -0.39 is 48.1 Å². The van der Waals surface area contributed by atoms with Crippen LogP contribution in [0.15, 0.2) is 84.9 Å². The number of carbonyl (C=O) groups excluding carboxylic acids is 5. The summed E-state index contributed by atoms with van der Waals surface area (Å²) in [5.41, 5.74) is 4.94. The molecule has 3 amide bonds. The Hall–Kier alpha value is -4.99. The maximum atomic E-state index is 13.3. The number of rotatable bonds is 11. The van der Waals surface area contributed by atoms with E-state index in [1.807, 2.05) is 74.5 Å². The van der Waals surface area contributed by atoms with Crippen LogP contribution < -0.4 is 10.7 Å². The summed E-state index contributed by atoms with van der Waals surface area (Å²) < 4.78 is 10.3. The van der Waals surface area contributed by atoms with Gasteiger partial charge in [0.05, 0.1) is 30.6 Å². The second-order valence-electron chi connectivity index (χ2n) is 10.4. The van der Waals surface area contributed by atoms with Gasteiger partial charge in [-0.05, 0) is 41.3 Å². The first kappa shape index (κ1) is 30.0. The van der Waals surface area contributed by atoms with Crippen LogP contribution >= 0.6 is 0 Å². The molecule has 0 spiro atoms.